The molecule has 1 aromatic carbocycles. The Morgan fingerprint density at radius 1 is 1.43 bits per heavy atom. The Morgan fingerprint density at radius 2 is 2.14 bits per heavy atom. The van der Waals surface area contributed by atoms with Gasteiger partial charge in [-0.05, 0) is 12.1 Å². The van der Waals surface area contributed by atoms with E-state index in [4.69, 9.17) is 10.5 Å². The summed E-state index contributed by atoms with van der Waals surface area (Å²) in [6, 6.07) is 5.74. The fraction of sp³-hybridized carbons (Fsp3) is 0.100. The van der Waals surface area contributed by atoms with E-state index in [0.717, 1.165) is 6.07 Å². The second-order valence-electron chi connectivity index (χ2n) is 2.60. The molecule has 1 aromatic rings. The van der Waals surface area contributed by atoms with Crippen molar-refractivity contribution in [3.8, 4) is 12.1 Å². The molecule has 0 spiro atoms. The second kappa shape index (κ2) is 4.15. The Hall–Kier alpha value is -2.20. The average Bonchev–Trinajstić information content (AvgIpc) is 2.20. The molecule has 0 aliphatic rings. The quantitative estimate of drug-likeness (QED) is 0.661. The highest BCUT2D eigenvalue weighted by Gasteiger charge is 2.08. The summed E-state index contributed by atoms with van der Waals surface area (Å²) in [7, 11) is 0. The van der Waals surface area contributed by atoms with Crippen molar-refractivity contribution in [2.75, 3.05) is 0 Å². The van der Waals surface area contributed by atoms with E-state index in [-0.39, 0.29) is 23.1 Å². The summed E-state index contributed by atoms with van der Waals surface area (Å²) in [5.41, 5.74) is 0.230. The molecule has 0 aliphatic heterocycles. The van der Waals surface area contributed by atoms with Crippen LogP contribution in [0.15, 0.2) is 12.1 Å². The highest BCUT2D eigenvalue weighted by molar-refractivity contribution is 5.79. The number of benzene rings is 1. The highest BCUT2D eigenvalue weighted by Crippen LogP contribution is 2.14. The first-order valence-corrected chi connectivity index (χ1v) is 3.77. The van der Waals surface area contributed by atoms with Gasteiger partial charge in [0.2, 0.25) is 0 Å². The molecule has 0 amide bonds. The van der Waals surface area contributed by atoms with Crippen molar-refractivity contribution in [3.63, 3.8) is 0 Å². The molecule has 0 unspecified atom stereocenters. The highest BCUT2D eigenvalue weighted by atomic mass is 19.1. The second-order valence-corrected chi connectivity index (χ2v) is 2.60. The molecule has 68 valence electrons. The number of carbonyl (C=O) groups is 1. The van der Waals surface area contributed by atoms with Gasteiger partial charge in [-0.3, -0.25) is 4.79 Å². The standard InChI is InChI=1S/C10H5FN2O/c11-10-4-9(6-14)8(5-13)3-7(10)1-2-12/h3-4,6H,1H2. The molecule has 0 saturated heterocycles. The van der Waals surface area contributed by atoms with Crippen LogP contribution in [-0.2, 0) is 6.42 Å². The zero-order chi connectivity index (χ0) is 10.6. The molecular formula is C10H5FN2O. The summed E-state index contributed by atoms with van der Waals surface area (Å²) in [5.74, 6) is -0.632. The number of nitrogens with zero attached hydrogens (tertiary/aromatic N) is 2. The number of aldehydes is 1. The predicted octanol–water partition coefficient (Wildman–Crippen LogP) is 1.58. The zero-order valence-electron chi connectivity index (χ0n) is 7.12. The Bertz CT molecular complexity index is 454. The van der Waals surface area contributed by atoms with Crippen LogP contribution in [0.3, 0.4) is 0 Å². The van der Waals surface area contributed by atoms with Gasteiger partial charge in [-0.25, -0.2) is 4.39 Å². The van der Waals surface area contributed by atoms with E-state index in [2.05, 4.69) is 0 Å². The first kappa shape index (κ1) is 9.88. The van der Waals surface area contributed by atoms with Crippen molar-refractivity contribution in [2.24, 2.45) is 0 Å². The van der Waals surface area contributed by atoms with E-state index in [1.807, 2.05) is 0 Å². The summed E-state index contributed by atoms with van der Waals surface area (Å²) in [6.07, 6.45) is 0.303. The van der Waals surface area contributed by atoms with Gasteiger partial charge in [0.15, 0.2) is 6.29 Å². The molecule has 1 rings (SSSR count). The van der Waals surface area contributed by atoms with Crippen molar-refractivity contribution >= 4 is 6.29 Å². The lowest BCUT2D eigenvalue weighted by Crippen LogP contribution is -1.95. The summed E-state index contributed by atoms with van der Waals surface area (Å²) >= 11 is 0. The molecule has 0 fully saturated rings. The van der Waals surface area contributed by atoms with Crippen molar-refractivity contribution in [2.45, 2.75) is 6.42 Å². The monoisotopic (exact) mass is 188 g/mol. The van der Waals surface area contributed by atoms with E-state index in [0.29, 0.717) is 6.29 Å². The van der Waals surface area contributed by atoms with Gasteiger partial charge < -0.3 is 0 Å². The van der Waals surface area contributed by atoms with Gasteiger partial charge in [-0.1, -0.05) is 0 Å². The summed E-state index contributed by atoms with van der Waals surface area (Å²) in [6.45, 7) is 0. The molecule has 0 atom stereocenters. The minimum absolute atomic E-state index is 0.00619. The van der Waals surface area contributed by atoms with Gasteiger partial charge in [0.1, 0.15) is 5.82 Å². The molecule has 3 nitrogen and oxygen atoms in total. The van der Waals surface area contributed by atoms with Gasteiger partial charge in [0, 0.05) is 11.1 Å². The van der Waals surface area contributed by atoms with Crippen LogP contribution in [0, 0.1) is 28.5 Å². The van der Waals surface area contributed by atoms with Crippen LogP contribution in [0.5, 0.6) is 0 Å². The largest absolute Gasteiger partial charge is 0.298 e. The van der Waals surface area contributed by atoms with Crippen LogP contribution in [0.2, 0.25) is 0 Å². The molecule has 0 aromatic heterocycles. The molecule has 0 radical (unpaired) electrons. The Balaban J connectivity index is 3.33. The number of hydrogen-bond donors (Lipinski definition) is 0. The number of hydrogen-bond acceptors (Lipinski definition) is 3. The van der Waals surface area contributed by atoms with Crippen LogP contribution in [0.4, 0.5) is 4.39 Å². The maximum absolute atomic E-state index is 13.1. The van der Waals surface area contributed by atoms with Crippen molar-refractivity contribution < 1.29 is 9.18 Å². The molecule has 0 saturated carbocycles. The van der Waals surface area contributed by atoms with Crippen LogP contribution in [-0.4, -0.2) is 6.29 Å². The number of halogens is 1. The molecule has 0 bridgehead atoms. The molecule has 14 heavy (non-hydrogen) atoms. The van der Waals surface area contributed by atoms with E-state index in [1.54, 1.807) is 12.1 Å². The van der Waals surface area contributed by atoms with Crippen LogP contribution in [0.1, 0.15) is 21.5 Å². The Kier molecular flexibility index (Phi) is 2.93. The lowest BCUT2D eigenvalue weighted by atomic mass is 10.0. The molecule has 4 heteroatoms. The lowest BCUT2D eigenvalue weighted by Gasteiger charge is -2.00. The molecular weight excluding hydrogens is 183 g/mol. The molecule has 0 aliphatic carbocycles. The smallest absolute Gasteiger partial charge is 0.151 e. The third-order valence-electron chi connectivity index (χ3n) is 1.74. The topological polar surface area (TPSA) is 64.7 Å². The first-order chi connectivity index (χ1) is 6.72. The lowest BCUT2D eigenvalue weighted by molar-refractivity contribution is 0.112. The van der Waals surface area contributed by atoms with E-state index in [9.17, 15) is 9.18 Å². The van der Waals surface area contributed by atoms with E-state index >= 15 is 0 Å². The van der Waals surface area contributed by atoms with Gasteiger partial charge in [0.05, 0.1) is 24.1 Å². The summed E-state index contributed by atoms with van der Waals surface area (Å²) < 4.78 is 13.1. The van der Waals surface area contributed by atoms with Crippen molar-refractivity contribution in [1.29, 1.82) is 10.5 Å². The SMILES string of the molecule is N#CCc1cc(C#N)c(C=O)cc1F. The molecule has 0 heterocycles. The van der Waals surface area contributed by atoms with Gasteiger partial charge >= 0.3 is 0 Å². The predicted molar refractivity (Wildman–Crippen MR) is 45.8 cm³/mol. The van der Waals surface area contributed by atoms with Gasteiger partial charge in [0.25, 0.3) is 0 Å². The third-order valence-corrected chi connectivity index (χ3v) is 1.74. The number of rotatable bonds is 2. The van der Waals surface area contributed by atoms with Gasteiger partial charge in [-0.2, -0.15) is 10.5 Å². The van der Waals surface area contributed by atoms with Crippen LogP contribution in [0.25, 0.3) is 0 Å². The summed E-state index contributed by atoms with van der Waals surface area (Å²) in [5, 5.41) is 17.0. The first-order valence-electron chi connectivity index (χ1n) is 3.77. The minimum atomic E-state index is -0.632. The number of nitriles is 2. The zero-order valence-corrected chi connectivity index (χ0v) is 7.12. The average molecular weight is 188 g/mol. The summed E-state index contributed by atoms with van der Waals surface area (Å²) in [4.78, 5) is 10.4. The number of carbonyl (C=O) groups excluding carboxylic acids is 1. The Morgan fingerprint density at radius 3 is 2.64 bits per heavy atom. The van der Waals surface area contributed by atoms with E-state index < -0.39 is 5.82 Å². The minimum Gasteiger partial charge on any atom is -0.298 e. The Labute approximate surface area is 80.0 Å². The van der Waals surface area contributed by atoms with Crippen molar-refractivity contribution in [3.05, 3.63) is 34.6 Å². The van der Waals surface area contributed by atoms with Crippen LogP contribution < -0.4 is 0 Å². The maximum atomic E-state index is 13.1. The van der Waals surface area contributed by atoms with Crippen LogP contribution >= 0.6 is 0 Å². The van der Waals surface area contributed by atoms with Crippen molar-refractivity contribution in [1.82, 2.24) is 0 Å². The molecule has 0 N–H and O–H groups in total. The maximum Gasteiger partial charge on any atom is 0.151 e. The van der Waals surface area contributed by atoms with E-state index in [1.165, 1.54) is 6.07 Å². The normalized spacial score (nSPS) is 8.79. The van der Waals surface area contributed by atoms with Gasteiger partial charge in [-0.15, -0.1) is 0 Å². The third kappa shape index (κ3) is 1.75. The fourth-order valence-corrected chi connectivity index (χ4v) is 1.05. The fourth-order valence-electron chi connectivity index (χ4n) is 1.05.